The molecule has 2 unspecified atom stereocenters. The summed E-state index contributed by atoms with van der Waals surface area (Å²) in [6.07, 6.45) is 0.199. The maximum absolute atomic E-state index is 15.1. The third-order valence-electron chi connectivity index (χ3n) is 8.05. The average molecular weight is 533 g/mol. The number of imide groups is 1. The van der Waals surface area contributed by atoms with Gasteiger partial charge in [-0.1, -0.05) is 35.9 Å². The van der Waals surface area contributed by atoms with Crippen LogP contribution >= 0.6 is 11.6 Å². The molecular formula is C22H24B6ClF2N3O4. The Morgan fingerprint density at radius 3 is 2.26 bits per heavy atom. The summed E-state index contributed by atoms with van der Waals surface area (Å²) in [5.41, 5.74) is -0.109. The topological polar surface area (TPSA) is 78.0 Å². The zero-order chi connectivity index (χ0) is 28.4. The van der Waals surface area contributed by atoms with Crippen molar-refractivity contribution >= 4 is 82.6 Å². The first-order chi connectivity index (χ1) is 17.5. The van der Waals surface area contributed by atoms with Gasteiger partial charge in [-0.2, -0.15) is 8.78 Å². The van der Waals surface area contributed by atoms with Gasteiger partial charge in [-0.15, -0.1) is 0 Å². The largest absolute Gasteiger partial charge is 0.393 e. The molecule has 2 heterocycles. The fourth-order valence-corrected chi connectivity index (χ4v) is 5.46. The van der Waals surface area contributed by atoms with Crippen LogP contribution in [0.25, 0.3) is 0 Å². The van der Waals surface area contributed by atoms with Crippen LogP contribution < -0.4 is 0 Å². The van der Waals surface area contributed by atoms with Crippen molar-refractivity contribution < 1.29 is 28.0 Å². The maximum Gasteiger partial charge on any atom is 0.348 e. The molecule has 0 aromatic heterocycles. The molecule has 16 heteroatoms. The smallest absolute Gasteiger partial charge is 0.348 e. The third-order valence-corrected chi connectivity index (χ3v) is 8.30. The lowest BCUT2D eigenvalue weighted by molar-refractivity contribution is -0.155. The van der Waals surface area contributed by atoms with Crippen molar-refractivity contribution in [3.05, 3.63) is 69.7 Å². The molecule has 0 bridgehead atoms. The van der Waals surface area contributed by atoms with Gasteiger partial charge in [0, 0.05) is 28.5 Å². The van der Waals surface area contributed by atoms with Crippen molar-refractivity contribution in [1.82, 2.24) is 14.5 Å². The fourth-order valence-electron chi connectivity index (χ4n) is 5.33. The molecule has 1 saturated heterocycles. The Bertz CT molecular complexity index is 1370. The number of benzene rings is 2. The Labute approximate surface area is 230 Å². The number of piperidine rings is 1. The van der Waals surface area contributed by atoms with Crippen LogP contribution in [0.2, 0.25) is 10.8 Å². The lowest BCUT2D eigenvalue weighted by Gasteiger charge is -2.45. The second kappa shape index (κ2) is 9.36. The van der Waals surface area contributed by atoms with Crippen molar-refractivity contribution in [3.8, 4) is 0 Å². The molecule has 2 aliphatic heterocycles. The molecule has 190 valence electrons. The quantitative estimate of drug-likeness (QED) is 0.302. The summed E-state index contributed by atoms with van der Waals surface area (Å²) in [7, 11) is 9.41. The number of carbonyl (C=O) groups excluding carboxylic acids is 4. The highest BCUT2D eigenvalue weighted by Crippen LogP contribution is 2.39. The van der Waals surface area contributed by atoms with E-state index in [1.165, 1.54) is 33.0 Å². The lowest BCUT2D eigenvalue weighted by atomic mass is 9.55. The van der Waals surface area contributed by atoms with E-state index in [2.05, 4.69) is 0 Å². The number of hydrogen-bond acceptors (Lipinski definition) is 4. The van der Waals surface area contributed by atoms with Crippen LogP contribution in [-0.2, 0) is 32.2 Å². The molecule has 7 nitrogen and oxygen atoms in total. The van der Waals surface area contributed by atoms with E-state index in [1.54, 1.807) is 49.6 Å². The Morgan fingerprint density at radius 1 is 1.08 bits per heavy atom. The summed E-state index contributed by atoms with van der Waals surface area (Å²) in [5, 5.41) is -0.881. The van der Waals surface area contributed by atoms with Crippen LogP contribution in [0.1, 0.15) is 33.5 Å². The van der Waals surface area contributed by atoms with E-state index in [0.717, 1.165) is 21.8 Å². The van der Waals surface area contributed by atoms with Gasteiger partial charge in [0.05, 0.1) is 5.44 Å². The van der Waals surface area contributed by atoms with E-state index in [1.807, 2.05) is 0 Å². The molecule has 4 amide bonds. The van der Waals surface area contributed by atoms with E-state index in [-0.39, 0.29) is 29.8 Å². The van der Waals surface area contributed by atoms with Gasteiger partial charge in [0.1, 0.15) is 31.4 Å². The van der Waals surface area contributed by atoms with E-state index < -0.39 is 39.9 Å². The number of nitrogens with zero attached hydrogens (tertiary/aromatic N) is 3. The highest BCUT2D eigenvalue weighted by Gasteiger charge is 2.52. The van der Waals surface area contributed by atoms with Crippen LogP contribution in [0.5, 0.6) is 0 Å². The van der Waals surface area contributed by atoms with Crippen LogP contribution in [0.3, 0.4) is 0 Å². The van der Waals surface area contributed by atoms with Gasteiger partial charge in [0.25, 0.3) is 11.8 Å². The molecule has 4 rings (SSSR count). The first-order valence-corrected chi connectivity index (χ1v) is 12.6. The zero-order valence-corrected chi connectivity index (χ0v) is 22.9. The molecule has 38 heavy (non-hydrogen) atoms. The van der Waals surface area contributed by atoms with Crippen molar-refractivity contribution in [2.75, 3.05) is 0 Å². The normalized spacial score (nSPS) is 22.0. The minimum Gasteiger partial charge on any atom is -0.393 e. The third kappa shape index (κ3) is 4.28. The Balaban J connectivity index is 1.62. The summed E-state index contributed by atoms with van der Waals surface area (Å²) < 4.78 is 30.3. The lowest BCUT2D eigenvalue weighted by Crippen LogP contribution is -2.65. The summed E-state index contributed by atoms with van der Waals surface area (Å²) in [4.78, 5) is 55.3. The summed E-state index contributed by atoms with van der Waals surface area (Å²) in [6, 6.07) is 9.79. The highest BCUT2D eigenvalue weighted by atomic mass is 35.5. The summed E-state index contributed by atoms with van der Waals surface area (Å²) in [5.74, 6) is -6.67. The molecule has 0 radical (unpaired) electrons. The average Bonchev–Trinajstić information content (AvgIpc) is 3.22. The summed E-state index contributed by atoms with van der Waals surface area (Å²) in [6.45, 7) is 0.119. The van der Waals surface area contributed by atoms with Gasteiger partial charge in [-0.05, 0) is 41.1 Å². The van der Waals surface area contributed by atoms with Crippen LogP contribution in [0, 0.1) is 0 Å². The standard InChI is InChI=1S/C22H24B6ClF2N3O4/c23-15-8-20(24,18(37)33(27)17(15)36)32-9-10-7-12(3-6-14(10)16(32)35)22(25,26)34(28)19(38)21(30,31)11-1-4-13(29)5-2-11/h1-7,15H,8-9,23-28H2. The second-order valence-electron chi connectivity index (χ2n) is 10.8. The first-order valence-electron chi connectivity index (χ1n) is 12.2. The molecular weight excluding hydrogens is 509 g/mol. The molecule has 2 aliphatic rings. The molecule has 2 aromatic rings. The first kappa shape index (κ1) is 28.1. The van der Waals surface area contributed by atoms with Gasteiger partial charge in [-0.3, -0.25) is 19.2 Å². The number of amides is 4. The van der Waals surface area contributed by atoms with Gasteiger partial charge in [0.2, 0.25) is 27.8 Å². The SMILES string of the molecule is BC1CC(B)(N2Cc3cc(C(B)(B)N(B)C(=O)C(F)(F)c4ccc(Cl)cc4)ccc3C2=O)C(=O)N(B)C1=O. The predicted molar refractivity (Wildman–Crippen MR) is 154 cm³/mol. The van der Waals surface area contributed by atoms with E-state index >= 15 is 8.78 Å². The van der Waals surface area contributed by atoms with Gasteiger partial charge in [-0.25, -0.2) is 0 Å². The van der Waals surface area contributed by atoms with E-state index in [4.69, 9.17) is 11.6 Å². The monoisotopic (exact) mass is 533 g/mol. The summed E-state index contributed by atoms with van der Waals surface area (Å²) >= 11 is 5.81. The van der Waals surface area contributed by atoms with Gasteiger partial charge >= 0.3 is 5.92 Å². The predicted octanol–water partition coefficient (Wildman–Crippen LogP) is -3.10. The number of rotatable bonds is 5. The number of alkyl halides is 2. The second-order valence-corrected chi connectivity index (χ2v) is 11.3. The molecule has 0 aliphatic carbocycles. The number of carbonyl (C=O) groups is 4. The van der Waals surface area contributed by atoms with Crippen molar-refractivity contribution in [2.45, 2.75) is 35.5 Å². The van der Waals surface area contributed by atoms with E-state index in [0.29, 0.717) is 16.7 Å². The molecule has 1 fully saturated rings. The van der Waals surface area contributed by atoms with E-state index in [9.17, 15) is 19.2 Å². The molecule has 2 atom stereocenters. The minimum absolute atomic E-state index is 0.119. The number of fused-ring (bicyclic) bond motifs is 1. The van der Waals surface area contributed by atoms with Crippen LogP contribution in [0.4, 0.5) is 8.78 Å². The number of hydrogen-bond donors (Lipinski definition) is 0. The fraction of sp³-hybridized carbons (Fsp3) is 0.273. The molecule has 2 aromatic carbocycles. The highest BCUT2D eigenvalue weighted by molar-refractivity contribution is 6.44. The molecule has 0 saturated carbocycles. The number of halogens is 3. The van der Waals surface area contributed by atoms with Crippen molar-refractivity contribution in [3.63, 3.8) is 0 Å². The van der Waals surface area contributed by atoms with Gasteiger partial charge < -0.3 is 14.5 Å². The van der Waals surface area contributed by atoms with Crippen molar-refractivity contribution in [2.24, 2.45) is 0 Å². The van der Waals surface area contributed by atoms with Gasteiger partial charge in [0.15, 0.2) is 0 Å². The van der Waals surface area contributed by atoms with Crippen LogP contribution in [0.15, 0.2) is 42.5 Å². The zero-order valence-electron chi connectivity index (χ0n) is 22.1. The van der Waals surface area contributed by atoms with Crippen LogP contribution in [-0.4, -0.2) is 90.9 Å². The molecule has 0 N–H and O–H groups in total. The minimum atomic E-state index is -3.78. The molecule has 0 spiro atoms. The Kier molecular flexibility index (Phi) is 6.92. The maximum atomic E-state index is 15.1. The Hall–Kier alpha value is -2.94. The van der Waals surface area contributed by atoms with Crippen molar-refractivity contribution in [1.29, 1.82) is 0 Å². The Morgan fingerprint density at radius 2 is 1.66 bits per heavy atom.